The molecule has 1 aliphatic heterocycles. The minimum absolute atomic E-state index is 0.0953. The summed E-state index contributed by atoms with van der Waals surface area (Å²) in [5.41, 5.74) is -0.496. The van der Waals surface area contributed by atoms with E-state index in [9.17, 15) is 37.1 Å². The second-order valence-electron chi connectivity index (χ2n) is 10.5. The molecule has 43 heavy (non-hydrogen) atoms. The Labute approximate surface area is 243 Å². The number of alkyl halides is 3. The van der Waals surface area contributed by atoms with Gasteiger partial charge in [-0.15, -0.1) is 5.10 Å². The molecule has 1 saturated heterocycles. The van der Waals surface area contributed by atoms with Crippen molar-refractivity contribution in [2.45, 2.75) is 58.2 Å². The Hall–Kier alpha value is -4.43. The number of benzene rings is 1. The Morgan fingerprint density at radius 1 is 1.09 bits per heavy atom. The first-order valence-electron chi connectivity index (χ1n) is 14.1. The van der Waals surface area contributed by atoms with E-state index in [2.05, 4.69) is 15.4 Å². The van der Waals surface area contributed by atoms with E-state index in [1.54, 1.807) is 11.8 Å². The number of halogens is 4. The van der Waals surface area contributed by atoms with Crippen LogP contribution in [0.3, 0.4) is 0 Å². The van der Waals surface area contributed by atoms with E-state index < -0.39 is 47.3 Å². The first-order chi connectivity index (χ1) is 20.5. The smallest absolute Gasteiger partial charge is 0.416 e. The first-order valence-corrected chi connectivity index (χ1v) is 14.1. The maximum Gasteiger partial charge on any atom is 0.416 e. The molecule has 11 nitrogen and oxygen atoms in total. The number of nitrogens with one attached hydrogen (secondary N) is 1. The third kappa shape index (κ3) is 6.20. The molecule has 0 atom stereocenters. The number of hydrogen-bond acceptors (Lipinski definition) is 6. The molecule has 3 aromatic rings. The normalized spacial score (nSPS) is 16.3. The summed E-state index contributed by atoms with van der Waals surface area (Å²) < 4.78 is 56.1. The number of fused-ring (bicyclic) bond motifs is 1. The second-order valence-corrected chi connectivity index (χ2v) is 10.5. The van der Waals surface area contributed by atoms with Crippen molar-refractivity contribution in [1.82, 2.24) is 24.1 Å². The Kier molecular flexibility index (Phi) is 8.42. The van der Waals surface area contributed by atoms with Gasteiger partial charge in [0, 0.05) is 26.2 Å². The van der Waals surface area contributed by atoms with E-state index in [1.165, 1.54) is 9.47 Å². The Morgan fingerprint density at radius 3 is 2.49 bits per heavy atom. The SMILES string of the molecule is CCc1c(N2CCN(C(=O)O)CC2)c(=O)n2nc(C3=CCCCCC3)nc2n1CC(=O)Nc1ccc(C(F)(F)F)cc1F. The molecular formula is C28H31F4N7O4. The highest BCUT2D eigenvalue weighted by molar-refractivity contribution is 5.91. The summed E-state index contributed by atoms with van der Waals surface area (Å²) in [6.07, 6.45) is 1.10. The summed E-state index contributed by atoms with van der Waals surface area (Å²) in [6, 6.07) is 1.83. The molecule has 3 heterocycles. The summed E-state index contributed by atoms with van der Waals surface area (Å²) >= 11 is 0. The van der Waals surface area contributed by atoms with Crippen molar-refractivity contribution in [3.05, 3.63) is 57.5 Å². The van der Waals surface area contributed by atoms with Gasteiger partial charge in [-0.1, -0.05) is 19.4 Å². The highest BCUT2D eigenvalue weighted by atomic mass is 19.4. The van der Waals surface area contributed by atoms with Gasteiger partial charge < -0.3 is 24.8 Å². The second kappa shape index (κ2) is 12.1. The topological polar surface area (TPSA) is 125 Å². The number of carboxylic acid groups (broad SMARTS) is 1. The summed E-state index contributed by atoms with van der Waals surface area (Å²) in [5, 5.41) is 16.2. The summed E-state index contributed by atoms with van der Waals surface area (Å²) in [4.78, 5) is 46.2. The fraction of sp³-hybridized carbons (Fsp3) is 0.464. The van der Waals surface area contributed by atoms with Gasteiger partial charge in [0.2, 0.25) is 11.7 Å². The molecule has 1 fully saturated rings. The third-order valence-electron chi connectivity index (χ3n) is 7.73. The zero-order valence-corrected chi connectivity index (χ0v) is 23.5. The lowest BCUT2D eigenvalue weighted by Gasteiger charge is -2.35. The van der Waals surface area contributed by atoms with Crippen molar-refractivity contribution in [2.75, 3.05) is 36.4 Å². The van der Waals surface area contributed by atoms with Crippen LogP contribution in [0.25, 0.3) is 11.4 Å². The lowest BCUT2D eigenvalue weighted by atomic mass is 10.1. The summed E-state index contributed by atoms with van der Waals surface area (Å²) in [5.74, 6) is -1.54. The molecule has 0 unspecified atom stereocenters. The number of hydrogen-bond donors (Lipinski definition) is 2. The molecule has 230 valence electrons. The number of aromatic nitrogens is 4. The van der Waals surface area contributed by atoms with E-state index in [1.807, 2.05) is 6.08 Å². The van der Waals surface area contributed by atoms with Crippen LogP contribution in [-0.4, -0.2) is 67.4 Å². The van der Waals surface area contributed by atoms with Crippen molar-refractivity contribution < 1.29 is 32.3 Å². The number of allylic oxidation sites excluding steroid dienone is 2. The third-order valence-corrected chi connectivity index (χ3v) is 7.73. The largest absolute Gasteiger partial charge is 0.465 e. The monoisotopic (exact) mass is 605 g/mol. The quantitative estimate of drug-likeness (QED) is 0.399. The van der Waals surface area contributed by atoms with E-state index >= 15 is 0 Å². The molecule has 2 aromatic heterocycles. The Balaban J connectivity index is 1.56. The molecule has 15 heteroatoms. The fourth-order valence-corrected chi connectivity index (χ4v) is 5.53. The predicted molar refractivity (Wildman–Crippen MR) is 150 cm³/mol. The molecular weight excluding hydrogens is 574 g/mol. The maximum atomic E-state index is 14.5. The van der Waals surface area contributed by atoms with Crippen LogP contribution in [0, 0.1) is 5.82 Å². The minimum Gasteiger partial charge on any atom is -0.465 e. The maximum absolute atomic E-state index is 14.5. The molecule has 2 N–H and O–H groups in total. The molecule has 2 aliphatic rings. The van der Waals surface area contributed by atoms with Crippen LogP contribution in [0.15, 0.2) is 29.1 Å². The van der Waals surface area contributed by atoms with Crippen LogP contribution in [0.2, 0.25) is 0 Å². The number of carbonyl (C=O) groups excluding carboxylic acids is 1. The van der Waals surface area contributed by atoms with Crippen molar-refractivity contribution in [1.29, 1.82) is 0 Å². The van der Waals surface area contributed by atoms with Gasteiger partial charge in [0.05, 0.1) is 16.9 Å². The van der Waals surface area contributed by atoms with Gasteiger partial charge in [0.25, 0.3) is 5.56 Å². The molecule has 2 amide bonds. The van der Waals surface area contributed by atoms with E-state index in [-0.39, 0.29) is 44.1 Å². The highest BCUT2D eigenvalue weighted by Gasteiger charge is 2.32. The van der Waals surface area contributed by atoms with Crippen molar-refractivity contribution >= 4 is 34.7 Å². The van der Waals surface area contributed by atoms with Crippen LogP contribution in [0.5, 0.6) is 0 Å². The van der Waals surface area contributed by atoms with Crippen LogP contribution < -0.4 is 15.8 Å². The van der Waals surface area contributed by atoms with E-state index in [4.69, 9.17) is 0 Å². The van der Waals surface area contributed by atoms with Gasteiger partial charge in [0.1, 0.15) is 18.0 Å². The standard InChI is InChI=1S/C28H31F4N7O4/c1-2-21-23(36-11-13-37(14-12-36)27(42)43)25(41)39-26(34-24(35-39)17-7-5-3-4-6-8-17)38(21)16-22(40)33-20-10-9-18(15-19(20)29)28(30,31)32/h7,9-10,15H,2-6,8,11-14,16H2,1H3,(H,33,40)(H,42,43). The van der Waals surface area contributed by atoms with Gasteiger partial charge in [-0.05, 0) is 55.9 Å². The van der Waals surface area contributed by atoms with Gasteiger partial charge in [-0.2, -0.15) is 22.7 Å². The van der Waals surface area contributed by atoms with Crippen LogP contribution >= 0.6 is 0 Å². The Bertz CT molecular complexity index is 1640. The summed E-state index contributed by atoms with van der Waals surface area (Å²) in [7, 11) is 0. The van der Waals surface area contributed by atoms with Crippen LogP contribution in [0.4, 0.5) is 33.7 Å². The number of rotatable bonds is 6. The lowest BCUT2D eigenvalue weighted by molar-refractivity contribution is -0.137. The first kappa shape index (κ1) is 30.0. The van der Waals surface area contributed by atoms with E-state index in [0.717, 1.165) is 48.3 Å². The predicted octanol–water partition coefficient (Wildman–Crippen LogP) is 4.40. The average Bonchev–Trinajstić information content (AvgIpc) is 3.23. The van der Waals surface area contributed by atoms with Crippen molar-refractivity contribution in [3.8, 4) is 0 Å². The molecule has 0 bridgehead atoms. The molecule has 1 aliphatic carbocycles. The average molecular weight is 606 g/mol. The van der Waals surface area contributed by atoms with Gasteiger partial charge in [-0.3, -0.25) is 9.59 Å². The Morgan fingerprint density at radius 2 is 1.84 bits per heavy atom. The molecule has 0 radical (unpaired) electrons. The zero-order valence-electron chi connectivity index (χ0n) is 23.5. The van der Waals surface area contributed by atoms with Crippen molar-refractivity contribution in [3.63, 3.8) is 0 Å². The molecule has 0 saturated carbocycles. The number of carbonyl (C=O) groups is 2. The highest BCUT2D eigenvalue weighted by Crippen LogP contribution is 2.31. The number of nitrogens with zero attached hydrogens (tertiary/aromatic N) is 6. The number of amides is 2. The van der Waals surface area contributed by atoms with Crippen LogP contribution in [0.1, 0.15) is 56.1 Å². The molecule has 0 spiro atoms. The van der Waals surface area contributed by atoms with Gasteiger partial charge in [0.15, 0.2) is 5.82 Å². The zero-order chi connectivity index (χ0) is 30.9. The lowest BCUT2D eigenvalue weighted by Crippen LogP contribution is -2.50. The number of anilines is 2. The molecule has 5 rings (SSSR count). The van der Waals surface area contributed by atoms with Gasteiger partial charge >= 0.3 is 12.3 Å². The van der Waals surface area contributed by atoms with Crippen molar-refractivity contribution in [2.24, 2.45) is 0 Å². The minimum atomic E-state index is -4.74. The number of piperazine rings is 1. The van der Waals surface area contributed by atoms with Gasteiger partial charge in [-0.25, -0.2) is 9.18 Å². The molecule has 1 aromatic carbocycles. The van der Waals surface area contributed by atoms with Crippen LogP contribution in [-0.2, 0) is 23.9 Å². The summed E-state index contributed by atoms with van der Waals surface area (Å²) in [6.45, 7) is 2.15. The van der Waals surface area contributed by atoms with E-state index in [0.29, 0.717) is 23.7 Å². The fourth-order valence-electron chi connectivity index (χ4n) is 5.53.